The molecule has 0 heterocycles. The van der Waals surface area contributed by atoms with Crippen LogP contribution in [0, 0.1) is 0 Å². The Labute approximate surface area is 134 Å². The normalized spacial score (nSPS) is 11.3. The monoisotopic (exact) mass is 283 g/mol. The van der Waals surface area contributed by atoms with Gasteiger partial charge in [0.25, 0.3) is 0 Å². The van der Waals surface area contributed by atoms with Crippen molar-refractivity contribution in [1.82, 2.24) is 0 Å². The van der Waals surface area contributed by atoms with Crippen molar-refractivity contribution in [3.8, 4) is 0 Å². The molecular weight excluding hydrogens is 247 g/mol. The van der Waals surface area contributed by atoms with E-state index in [1.807, 2.05) is 0 Å². The van der Waals surface area contributed by atoms with Crippen LogP contribution in [0.15, 0.2) is 0 Å². The second kappa shape index (κ2) is 14.6. The molecule has 0 bridgehead atoms. The second-order valence-electron chi connectivity index (χ2n) is 5.65. The van der Waals surface area contributed by atoms with Gasteiger partial charge in [-0.25, -0.2) is 0 Å². The van der Waals surface area contributed by atoms with Crippen LogP contribution in [0.3, 0.4) is 0 Å². The molecule has 104 valence electrons. The Morgan fingerprint density at radius 3 is 0.889 bits per heavy atom. The summed E-state index contributed by atoms with van der Waals surface area (Å²) in [5.74, 6) is 0. The molecule has 0 saturated carbocycles. The van der Waals surface area contributed by atoms with Crippen LogP contribution in [-0.4, -0.2) is 47.7 Å². The quantitative estimate of drug-likeness (QED) is 0.312. The second-order valence-corrected chi connectivity index (χ2v) is 10.1. The van der Waals surface area contributed by atoms with E-state index in [-0.39, 0.29) is 23.1 Å². The summed E-state index contributed by atoms with van der Waals surface area (Å²) in [5, 5.41) is 0. The molecule has 0 aliphatic rings. The van der Waals surface area contributed by atoms with Crippen molar-refractivity contribution in [2.75, 3.05) is 24.6 Å². The van der Waals surface area contributed by atoms with Crippen molar-refractivity contribution < 1.29 is 0 Å². The van der Waals surface area contributed by atoms with Crippen molar-refractivity contribution >= 4 is 30.3 Å². The number of rotatable bonds is 12. The van der Waals surface area contributed by atoms with Gasteiger partial charge in [-0.1, -0.05) is 53.4 Å². The molecule has 0 aliphatic heterocycles. The number of hydrogen-bond donors (Lipinski definition) is 0. The molecule has 0 aromatic rings. The Morgan fingerprint density at radius 1 is 0.500 bits per heavy atom. The fraction of sp³-hybridized carbons (Fsp3) is 1.00. The maximum absolute atomic E-state index is 2.36. The maximum Gasteiger partial charge on any atom is 2.00 e. The maximum atomic E-state index is 2.36. The van der Waals surface area contributed by atoms with E-state index >= 15 is 0 Å². The summed E-state index contributed by atoms with van der Waals surface area (Å²) in [4.78, 5) is 0. The average Bonchev–Trinajstić information content (AvgIpc) is 2.37. The van der Waals surface area contributed by atoms with E-state index in [1.165, 1.54) is 51.4 Å². The van der Waals surface area contributed by atoms with Gasteiger partial charge in [0.15, 0.2) is 0 Å². The Hall–Kier alpha value is 1.20. The molecule has 0 amide bonds. The molecule has 2 heteroatoms. The third kappa shape index (κ3) is 10.0. The molecule has 0 aromatic heterocycles. The molecule has 0 N–H and O–H groups in total. The molecule has 0 aliphatic carbocycles. The Balaban J connectivity index is 0. The summed E-state index contributed by atoms with van der Waals surface area (Å²) >= 11 is 0. The molecule has 0 fully saturated rings. The zero-order chi connectivity index (χ0) is 13.0. The van der Waals surface area contributed by atoms with Crippen LogP contribution in [0.5, 0.6) is 0 Å². The third-order valence-electron chi connectivity index (χ3n) is 3.94. The molecule has 0 aromatic carbocycles. The predicted molar refractivity (Wildman–Crippen MR) is 91.8 cm³/mol. The summed E-state index contributed by atoms with van der Waals surface area (Å²) in [6.45, 7) is 9.42. The zero-order valence-corrected chi connectivity index (χ0v) is 15.9. The first kappa shape index (κ1) is 21.5. The first-order valence-electron chi connectivity index (χ1n) is 8.09. The third-order valence-corrected chi connectivity index (χ3v) is 9.00. The van der Waals surface area contributed by atoms with Crippen molar-refractivity contribution in [2.24, 2.45) is 0 Å². The van der Waals surface area contributed by atoms with Gasteiger partial charge in [-0.3, -0.25) is 0 Å². The Morgan fingerprint density at radius 2 is 0.722 bits per heavy atom. The van der Waals surface area contributed by atoms with Gasteiger partial charge in [-0.15, -0.1) is 0 Å². The van der Waals surface area contributed by atoms with Crippen LogP contribution in [0.1, 0.15) is 79.1 Å². The van der Waals surface area contributed by atoms with Gasteiger partial charge < -0.3 is 0 Å². The SMILES string of the molecule is CCCC[P+](CCCC)(CCCC)CCCC.[Mg+2]. The van der Waals surface area contributed by atoms with Crippen LogP contribution in [0.4, 0.5) is 0 Å². The summed E-state index contributed by atoms with van der Waals surface area (Å²) < 4.78 is 0. The van der Waals surface area contributed by atoms with Gasteiger partial charge in [0.1, 0.15) is 0 Å². The summed E-state index contributed by atoms with van der Waals surface area (Å²) in [7, 11) is -0.562. The fourth-order valence-electron chi connectivity index (χ4n) is 2.64. The molecule has 0 rings (SSSR count). The van der Waals surface area contributed by atoms with E-state index in [4.69, 9.17) is 0 Å². The minimum Gasteiger partial charge on any atom is -0.0652 e. The van der Waals surface area contributed by atoms with Gasteiger partial charge in [-0.05, 0) is 25.7 Å². The predicted octanol–water partition coefficient (Wildman–Crippen LogP) is 5.82. The van der Waals surface area contributed by atoms with E-state index in [2.05, 4.69) is 27.7 Å². The summed E-state index contributed by atoms with van der Waals surface area (Å²) in [5.41, 5.74) is 0. The van der Waals surface area contributed by atoms with E-state index in [9.17, 15) is 0 Å². The van der Waals surface area contributed by atoms with Crippen molar-refractivity contribution in [3.05, 3.63) is 0 Å². The molecule has 0 spiro atoms. The van der Waals surface area contributed by atoms with Gasteiger partial charge >= 0.3 is 23.1 Å². The first-order valence-corrected chi connectivity index (χ1v) is 10.6. The summed E-state index contributed by atoms with van der Waals surface area (Å²) in [6.07, 6.45) is 17.9. The average molecular weight is 284 g/mol. The van der Waals surface area contributed by atoms with Gasteiger partial charge in [0.05, 0.1) is 24.6 Å². The molecule has 0 atom stereocenters. The molecule has 0 nitrogen and oxygen atoms in total. The molecule has 0 saturated heterocycles. The molecular formula is C16H36MgP+3. The van der Waals surface area contributed by atoms with Gasteiger partial charge in [-0.2, -0.15) is 0 Å². The standard InChI is InChI=1S/C16H36P.Mg/c1-5-9-13-17(14-10-6-2,15-11-7-3)16-12-8-4;/h5-16H2,1-4H3;/q+1;+2. The number of hydrogen-bond acceptors (Lipinski definition) is 0. The Kier molecular flexibility index (Phi) is 17.4. The van der Waals surface area contributed by atoms with E-state index in [0.29, 0.717) is 0 Å². The molecule has 0 radical (unpaired) electrons. The van der Waals surface area contributed by atoms with Crippen molar-refractivity contribution in [2.45, 2.75) is 79.1 Å². The van der Waals surface area contributed by atoms with E-state index < -0.39 is 7.26 Å². The molecule has 0 unspecified atom stereocenters. The van der Waals surface area contributed by atoms with Crippen LogP contribution in [0.25, 0.3) is 0 Å². The van der Waals surface area contributed by atoms with Crippen molar-refractivity contribution in [3.63, 3.8) is 0 Å². The van der Waals surface area contributed by atoms with Gasteiger partial charge in [0.2, 0.25) is 0 Å². The van der Waals surface area contributed by atoms with Crippen LogP contribution >= 0.6 is 7.26 Å². The number of unbranched alkanes of at least 4 members (excludes halogenated alkanes) is 4. The topological polar surface area (TPSA) is 0 Å². The van der Waals surface area contributed by atoms with Crippen LogP contribution in [0.2, 0.25) is 0 Å². The Bertz CT molecular complexity index is 122. The first-order chi connectivity index (χ1) is 8.24. The van der Waals surface area contributed by atoms with Crippen molar-refractivity contribution in [1.29, 1.82) is 0 Å². The largest absolute Gasteiger partial charge is 2.00 e. The smallest absolute Gasteiger partial charge is 0.0652 e. The van der Waals surface area contributed by atoms with Gasteiger partial charge in [0, 0.05) is 7.26 Å². The fourth-order valence-corrected chi connectivity index (χ4v) is 7.93. The van der Waals surface area contributed by atoms with E-state index in [0.717, 1.165) is 0 Å². The minimum atomic E-state index is -0.562. The minimum absolute atomic E-state index is 0. The molecule has 18 heavy (non-hydrogen) atoms. The van der Waals surface area contributed by atoms with Crippen LogP contribution in [-0.2, 0) is 0 Å². The van der Waals surface area contributed by atoms with Crippen LogP contribution < -0.4 is 0 Å². The van der Waals surface area contributed by atoms with E-state index in [1.54, 1.807) is 24.6 Å². The summed E-state index contributed by atoms with van der Waals surface area (Å²) in [6, 6.07) is 0. The zero-order valence-electron chi connectivity index (χ0n) is 13.6.